The van der Waals surface area contributed by atoms with E-state index in [1.807, 2.05) is 12.3 Å². The van der Waals surface area contributed by atoms with E-state index in [4.69, 9.17) is 5.73 Å². The number of thiazole rings is 1. The molecule has 1 unspecified atom stereocenters. The summed E-state index contributed by atoms with van der Waals surface area (Å²) in [6.07, 6.45) is 2.69. The van der Waals surface area contributed by atoms with E-state index < -0.39 is 0 Å². The number of aryl methyl sites for hydroxylation is 1. The molecule has 3 N–H and O–H groups in total. The summed E-state index contributed by atoms with van der Waals surface area (Å²) in [5.41, 5.74) is 6.81. The van der Waals surface area contributed by atoms with E-state index in [1.165, 1.54) is 24.2 Å². The Bertz CT molecular complexity index is 476. The van der Waals surface area contributed by atoms with Crippen molar-refractivity contribution in [1.82, 2.24) is 9.88 Å². The minimum absolute atomic E-state index is 0.00465. The van der Waals surface area contributed by atoms with Crippen molar-refractivity contribution in [1.29, 1.82) is 0 Å². The normalized spacial score (nSPS) is 16.6. The molecule has 1 saturated carbocycles. The maximum atomic E-state index is 11.6. The fraction of sp³-hybridized carbons (Fsp3) is 0.667. The standard InChI is InChI=1S/C12H19N3O2S/c1-8-7-18-12(17)15(8)5-4-11(16)14-6-10(13)9-2-3-9/h7,9-10H,2-6,13H2,1H3,(H,14,16). The van der Waals surface area contributed by atoms with Crippen molar-refractivity contribution >= 4 is 17.2 Å². The fourth-order valence-corrected chi connectivity index (χ4v) is 2.66. The van der Waals surface area contributed by atoms with E-state index >= 15 is 0 Å². The van der Waals surface area contributed by atoms with Crippen LogP contribution in [-0.4, -0.2) is 23.1 Å². The zero-order valence-electron chi connectivity index (χ0n) is 10.5. The van der Waals surface area contributed by atoms with Gasteiger partial charge in [0.1, 0.15) is 0 Å². The third kappa shape index (κ3) is 3.43. The van der Waals surface area contributed by atoms with Crippen molar-refractivity contribution in [3.63, 3.8) is 0 Å². The van der Waals surface area contributed by atoms with Gasteiger partial charge in [0, 0.05) is 36.6 Å². The van der Waals surface area contributed by atoms with Gasteiger partial charge in [0.2, 0.25) is 5.91 Å². The second kappa shape index (κ2) is 5.67. The molecule has 0 radical (unpaired) electrons. The highest BCUT2D eigenvalue weighted by Crippen LogP contribution is 2.31. The molecule has 100 valence electrons. The molecule has 1 fully saturated rings. The minimum atomic E-state index is -0.0383. The number of rotatable bonds is 6. The van der Waals surface area contributed by atoms with Crippen molar-refractivity contribution in [2.45, 2.75) is 38.8 Å². The van der Waals surface area contributed by atoms with Crippen LogP contribution in [0.5, 0.6) is 0 Å². The number of aromatic nitrogens is 1. The van der Waals surface area contributed by atoms with Gasteiger partial charge in [0.05, 0.1) is 0 Å². The summed E-state index contributed by atoms with van der Waals surface area (Å²) >= 11 is 1.17. The molecule has 18 heavy (non-hydrogen) atoms. The van der Waals surface area contributed by atoms with Crippen LogP contribution in [0.3, 0.4) is 0 Å². The van der Waals surface area contributed by atoms with E-state index in [2.05, 4.69) is 5.32 Å². The number of carbonyl (C=O) groups excluding carboxylic acids is 1. The van der Waals surface area contributed by atoms with E-state index in [9.17, 15) is 9.59 Å². The summed E-state index contributed by atoms with van der Waals surface area (Å²) < 4.78 is 1.63. The first-order chi connectivity index (χ1) is 8.58. The first-order valence-electron chi connectivity index (χ1n) is 6.25. The van der Waals surface area contributed by atoms with Gasteiger partial charge in [0.25, 0.3) is 0 Å². The van der Waals surface area contributed by atoms with Gasteiger partial charge in [-0.3, -0.25) is 9.59 Å². The molecule has 1 heterocycles. The van der Waals surface area contributed by atoms with Gasteiger partial charge < -0.3 is 15.6 Å². The van der Waals surface area contributed by atoms with Gasteiger partial charge in [-0.15, -0.1) is 0 Å². The monoisotopic (exact) mass is 269 g/mol. The Kier molecular flexibility index (Phi) is 4.19. The Morgan fingerprint density at radius 1 is 1.67 bits per heavy atom. The van der Waals surface area contributed by atoms with E-state index in [0.717, 1.165) is 5.69 Å². The Labute approximate surface area is 110 Å². The molecule has 1 aromatic heterocycles. The molecule has 1 atom stereocenters. The average Bonchev–Trinajstić information content (AvgIpc) is 3.13. The summed E-state index contributed by atoms with van der Waals surface area (Å²) in [5.74, 6) is 0.552. The Morgan fingerprint density at radius 3 is 2.94 bits per heavy atom. The average molecular weight is 269 g/mol. The Balaban J connectivity index is 1.73. The van der Waals surface area contributed by atoms with E-state index in [0.29, 0.717) is 25.4 Å². The zero-order chi connectivity index (χ0) is 13.1. The van der Waals surface area contributed by atoms with Crippen molar-refractivity contribution in [3.8, 4) is 0 Å². The van der Waals surface area contributed by atoms with Crippen LogP contribution in [0.2, 0.25) is 0 Å². The molecule has 5 nitrogen and oxygen atoms in total. The molecular formula is C12H19N3O2S. The highest BCUT2D eigenvalue weighted by atomic mass is 32.1. The SMILES string of the molecule is Cc1csc(=O)n1CCC(=O)NCC(N)C1CC1. The summed E-state index contributed by atoms with van der Waals surface area (Å²) in [5, 5.41) is 4.64. The second-order valence-electron chi connectivity index (χ2n) is 4.85. The van der Waals surface area contributed by atoms with Gasteiger partial charge in [0.15, 0.2) is 0 Å². The fourth-order valence-electron chi connectivity index (χ4n) is 1.90. The molecule has 0 bridgehead atoms. The summed E-state index contributed by atoms with van der Waals surface area (Å²) in [7, 11) is 0. The zero-order valence-corrected chi connectivity index (χ0v) is 11.3. The molecule has 1 amide bonds. The summed E-state index contributed by atoms with van der Waals surface area (Å²) in [6, 6.07) is 0.0829. The number of hydrogen-bond acceptors (Lipinski definition) is 4. The number of amides is 1. The predicted molar refractivity (Wildman–Crippen MR) is 71.6 cm³/mol. The van der Waals surface area contributed by atoms with Crippen LogP contribution in [-0.2, 0) is 11.3 Å². The smallest absolute Gasteiger partial charge is 0.307 e. The van der Waals surface area contributed by atoms with Crippen LogP contribution in [0.1, 0.15) is 25.0 Å². The van der Waals surface area contributed by atoms with Crippen molar-refractivity contribution in [3.05, 3.63) is 20.7 Å². The number of carbonyl (C=O) groups is 1. The molecule has 2 rings (SSSR count). The lowest BCUT2D eigenvalue weighted by molar-refractivity contribution is -0.121. The van der Waals surface area contributed by atoms with Crippen LogP contribution >= 0.6 is 11.3 Å². The number of nitrogens with two attached hydrogens (primary N) is 1. The molecule has 0 aromatic carbocycles. The lowest BCUT2D eigenvalue weighted by atomic mass is 10.2. The quantitative estimate of drug-likeness (QED) is 0.787. The largest absolute Gasteiger partial charge is 0.354 e. The Hall–Kier alpha value is -1.14. The number of nitrogens with zero attached hydrogens (tertiary/aromatic N) is 1. The molecule has 1 aliphatic carbocycles. The lowest BCUT2D eigenvalue weighted by Gasteiger charge is -2.11. The van der Waals surface area contributed by atoms with Gasteiger partial charge in [-0.1, -0.05) is 11.3 Å². The minimum Gasteiger partial charge on any atom is -0.354 e. The third-order valence-electron chi connectivity index (χ3n) is 3.30. The van der Waals surface area contributed by atoms with Crippen LogP contribution in [0.15, 0.2) is 10.2 Å². The van der Waals surface area contributed by atoms with Crippen LogP contribution in [0, 0.1) is 12.8 Å². The number of nitrogens with one attached hydrogen (secondary N) is 1. The highest BCUT2D eigenvalue weighted by molar-refractivity contribution is 7.07. The van der Waals surface area contributed by atoms with Gasteiger partial charge in [-0.05, 0) is 25.7 Å². The van der Waals surface area contributed by atoms with Gasteiger partial charge in [-0.25, -0.2) is 0 Å². The van der Waals surface area contributed by atoms with E-state index in [1.54, 1.807) is 4.57 Å². The molecule has 0 spiro atoms. The second-order valence-corrected chi connectivity index (χ2v) is 5.67. The predicted octanol–water partition coefficient (Wildman–Crippen LogP) is 0.462. The third-order valence-corrected chi connectivity index (χ3v) is 4.18. The van der Waals surface area contributed by atoms with Crippen LogP contribution in [0.25, 0.3) is 0 Å². The summed E-state index contributed by atoms with van der Waals surface area (Å²) in [6.45, 7) is 2.86. The van der Waals surface area contributed by atoms with Gasteiger partial charge >= 0.3 is 4.87 Å². The Morgan fingerprint density at radius 2 is 2.39 bits per heavy atom. The summed E-state index contributed by atoms with van der Waals surface area (Å²) in [4.78, 5) is 23.1. The molecule has 6 heteroatoms. The highest BCUT2D eigenvalue weighted by Gasteiger charge is 2.28. The number of hydrogen-bond donors (Lipinski definition) is 2. The maximum absolute atomic E-state index is 11.6. The van der Waals surface area contributed by atoms with Crippen molar-refractivity contribution < 1.29 is 4.79 Å². The first kappa shape index (κ1) is 13.3. The molecule has 0 saturated heterocycles. The van der Waals surface area contributed by atoms with E-state index in [-0.39, 0.29) is 16.8 Å². The van der Waals surface area contributed by atoms with Crippen LogP contribution < -0.4 is 15.9 Å². The van der Waals surface area contributed by atoms with Gasteiger partial charge in [-0.2, -0.15) is 0 Å². The van der Waals surface area contributed by atoms with Crippen LogP contribution in [0.4, 0.5) is 0 Å². The molecule has 1 aliphatic rings. The maximum Gasteiger partial charge on any atom is 0.307 e. The lowest BCUT2D eigenvalue weighted by Crippen LogP contribution is -2.39. The molecule has 1 aromatic rings. The topological polar surface area (TPSA) is 77.1 Å². The molecular weight excluding hydrogens is 250 g/mol. The van der Waals surface area contributed by atoms with Crippen molar-refractivity contribution in [2.24, 2.45) is 11.7 Å². The van der Waals surface area contributed by atoms with Crippen molar-refractivity contribution in [2.75, 3.05) is 6.54 Å². The molecule has 0 aliphatic heterocycles. The first-order valence-corrected chi connectivity index (χ1v) is 7.13.